The van der Waals surface area contributed by atoms with Gasteiger partial charge in [0.25, 0.3) is 0 Å². The quantitative estimate of drug-likeness (QED) is 0.761. The van der Waals surface area contributed by atoms with Crippen molar-refractivity contribution in [3.8, 4) is 0 Å². The Hall–Kier alpha value is -1.03. The third-order valence-electron chi connectivity index (χ3n) is 2.54. The van der Waals surface area contributed by atoms with Crippen LogP contribution in [0.3, 0.4) is 0 Å². The van der Waals surface area contributed by atoms with Gasteiger partial charge in [0.05, 0.1) is 12.7 Å². The van der Waals surface area contributed by atoms with Crippen LogP contribution in [0.5, 0.6) is 0 Å². The number of carbonyl (C=O) groups excluding carboxylic acids is 1. The fourth-order valence-corrected chi connectivity index (χ4v) is 3.13. The number of nitrogens with one attached hydrogen (secondary N) is 1. The van der Waals surface area contributed by atoms with E-state index in [9.17, 15) is 4.79 Å². The van der Waals surface area contributed by atoms with E-state index in [2.05, 4.69) is 5.32 Å². The topological polar surface area (TPSA) is 38.3 Å². The Morgan fingerprint density at radius 2 is 2.29 bits per heavy atom. The first-order chi connectivity index (χ1) is 6.77. The van der Waals surface area contributed by atoms with Crippen molar-refractivity contribution in [3.05, 3.63) is 16.0 Å². The molecule has 0 spiro atoms. The molecule has 0 saturated carbocycles. The van der Waals surface area contributed by atoms with Crippen molar-refractivity contribution in [3.63, 3.8) is 0 Å². The zero-order valence-corrected chi connectivity index (χ0v) is 9.16. The van der Waals surface area contributed by atoms with Gasteiger partial charge < -0.3 is 10.1 Å². The molecule has 1 aromatic heterocycles. The number of anilines is 1. The van der Waals surface area contributed by atoms with Crippen LogP contribution in [0.25, 0.3) is 0 Å². The summed E-state index contributed by atoms with van der Waals surface area (Å²) in [5.41, 5.74) is 1.96. The molecular weight excluding hydrogens is 198 g/mol. The summed E-state index contributed by atoms with van der Waals surface area (Å²) < 4.78 is 4.79. The molecule has 0 unspecified atom stereocenters. The second-order valence-corrected chi connectivity index (χ2v) is 4.41. The van der Waals surface area contributed by atoms with Gasteiger partial charge in [-0.3, -0.25) is 0 Å². The molecule has 1 heterocycles. The van der Waals surface area contributed by atoms with Gasteiger partial charge in [-0.2, -0.15) is 0 Å². The van der Waals surface area contributed by atoms with Crippen LogP contribution in [0.4, 0.5) is 5.00 Å². The lowest BCUT2D eigenvalue weighted by atomic mass is 10.1. The zero-order chi connectivity index (χ0) is 10.1. The molecule has 0 radical (unpaired) electrons. The molecule has 1 N–H and O–H groups in total. The number of hydrogen-bond donors (Lipinski definition) is 1. The van der Waals surface area contributed by atoms with E-state index in [-0.39, 0.29) is 5.97 Å². The lowest BCUT2D eigenvalue weighted by Crippen LogP contribution is -2.05. The van der Waals surface area contributed by atoms with E-state index >= 15 is 0 Å². The molecule has 0 aromatic carbocycles. The van der Waals surface area contributed by atoms with E-state index in [0.29, 0.717) is 0 Å². The Labute approximate surface area is 87.1 Å². The van der Waals surface area contributed by atoms with Crippen molar-refractivity contribution >= 4 is 22.3 Å². The van der Waals surface area contributed by atoms with E-state index < -0.39 is 0 Å². The Morgan fingerprint density at radius 1 is 1.50 bits per heavy atom. The zero-order valence-electron chi connectivity index (χ0n) is 8.35. The average Bonchev–Trinajstić information content (AvgIpc) is 2.74. The van der Waals surface area contributed by atoms with Crippen molar-refractivity contribution in [2.24, 2.45) is 0 Å². The maximum absolute atomic E-state index is 11.6. The van der Waals surface area contributed by atoms with Crippen LogP contribution >= 0.6 is 11.3 Å². The number of aryl methyl sites for hydroxylation is 1. The molecule has 4 heteroatoms. The lowest BCUT2D eigenvalue weighted by Gasteiger charge is -2.03. The first kappa shape index (κ1) is 9.52. The number of fused-ring (bicyclic) bond motifs is 1. The second kappa shape index (κ2) is 3.61. The van der Waals surface area contributed by atoms with Crippen LogP contribution in [-0.2, 0) is 17.6 Å². The maximum atomic E-state index is 11.6. The Balaban J connectivity index is 2.49. The monoisotopic (exact) mass is 211 g/mol. The van der Waals surface area contributed by atoms with Crippen LogP contribution < -0.4 is 5.32 Å². The molecule has 76 valence electrons. The number of ether oxygens (including phenoxy) is 1. The van der Waals surface area contributed by atoms with Crippen LogP contribution in [0, 0.1) is 0 Å². The predicted octanol–water partition coefficient (Wildman–Crippen LogP) is 2.07. The van der Waals surface area contributed by atoms with Crippen LogP contribution in [0.2, 0.25) is 0 Å². The first-order valence-corrected chi connectivity index (χ1v) is 5.50. The third-order valence-corrected chi connectivity index (χ3v) is 3.85. The highest BCUT2D eigenvalue weighted by Gasteiger charge is 2.26. The number of methoxy groups -OCH3 is 1. The van der Waals surface area contributed by atoms with E-state index in [1.807, 2.05) is 7.05 Å². The smallest absolute Gasteiger partial charge is 0.341 e. The number of hydrogen-bond acceptors (Lipinski definition) is 4. The molecule has 0 bridgehead atoms. The minimum absolute atomic E-state index is 0.214. The van der Waals surface area contributed by atoms with Gasteiger partial charge in [-0.15, -0.1) is 11.3 Å². The first-order valence-electron chi connectivity index (χ1n) is 4.68. The van der Waals surface area contributed by atoms with Crippen molar-refractivity contribution in [2.75, 3.05) is 19.5 Å². The van der Waals surface area contributed by atoms with Gasteiger partial charge in [0.1, 0.15) is 5.00 Å². The van der Waals surface area contributed by atoms with Crippen molar-refractivity contribution in [1.29, 1.82) is 0 Å². The molecule has 0 amide bonds. The molecule has 3 nitrogen and oxygen atoms in total. The fraction of sp³-hybridized carbons (Fsp3) is 0.500. The normalized spacial score (nSPS) is 13.9. The van der Waals surface area contributed by atoms with Gasteiger partial charge in [-0.25, -0.2) is 4.79 Å². The third kappa shape index (κ3) is 1.30. The number of thiophene rings is 1. The molecule has 1 aliphatic rings. The largest absolute Gasteiger partial charge is 0.465 e. The summed E-state index contributed by atoms with van der Waals surface area (Å²) >= 11 is 1.68. The summed E-state index contributed by atoms with van der Waals surface area (Å²) in [5.74, 6) is -0.214. The molecule has 14 heavy (non-hydrogen) atoms. The van der Waals surface area contributed by atoms with Gasteiger partial charge in [-0.1, -0.05) is 0 Å². The molecule has 1 aliphatic carbocycles. The average molecular weight is 211 g/mol. The second-order valence-electron chi connectivity index (χ2n) is 3.30. The molecule has 0 fully saturated rings. The minimum atomic E-state index is -0.214. The van der Waals surface area contributed by atoms with Crippen molar-refractivity contribution < 1.29 is 9.53 Å². The number of esters is 1. The number of carbonyl (C=O) groups is 1. The Morgan fingerprint density at radius 3 is 2.93 bits per heavy atom. The van der Waals surface area contributed by atoms with E-state index in [0.717, 1.165) is 29.8 Å². The highest BCUT2D eigenvalue weighted by molar-refractivity contribution is 7.16. The van der Waals surface area contributed by atoms with Crippen molar-refractivity contribution in [2.45, 2.75) is 19.3 Å². The molecule has 0 saturated heterocycles. The highest BCUT2D eigenvalue weighted by Crippen LogP contribution is 2.38. The summed E-state index contributed by atoms with van der Waals surface area (Å²) in [4.78, 5) is 12.9. The minimum Gasteiger partial charge on any atom is -0.465 e. The van der Waals surface area contributed by atoms with Crippen molar-refractivity contribution in [1.82, 2.24) is 0 Å². The molecular formula is C10H13NO2S. The Kier molecular flexibility index (Phi) is 2.46. The summed E-state index contributed by atoms with van der Waals surface area (Å²) in [7, 11) is 3.27. The van der Waals surface area contributed by atoms with Gasteiger partial charge in [0.15, 0.2) is 0 Å². The van der Waals surface area contributed by atoms with Gasteiger partial charge in [0.2, 0.25) is 0 Å². The maximum Gasteiger partial charge on any atom is 0.341 e. The highest BCUT2D eigenvalue weighted by atomic mass is 32.1. The molecule has 0 aliphatic heterocycles. The summed E-state index contributed by atoms with van der Waals surface area (Å²) in [6.45, 7) is 0. The molecule has 2 rings (SSSR count). The van der Waals surface area contributed by atoms with E-state index in [1.54, 1.807) is 11.3 Å². The standard InChI is InChI=1S/C10H13NO2S/c1-11-9-8(10(12)13-2)6-4-3-5-7(6)14-9/h11H,3-5H2,1-2H3. The predicted molar refractivity (Wildman–Crippen MR) is 57.2 cm³/mol. The lowest BCUT2D eigenvalue weighted by molar-refractivity contribution is 0.0601. The Bertz CT molecular complexity index is 370. The van der Waals surface area contributed by atoms with Gasteiger partial charge >= 0.3 is 5.97 Å². The van der Waals surface area contributed by atoms with Crippen LogP contribution in [-0.4, -0.2) is 20.1 Å². The van der Waals surface area contributed by atoms with Crippen LogP contribution in [0.15, 0.2) is 0 Å². The summed E-state index contributed by atoms with van der Waals surface area (Å²) in [5, 5.41) is 4.00. The molecule has 0 atom stereocenters. The van der Waals surface area contributed by atoms with Gasteiger partial charge in [0, 0.05) is 11.9 Å². The van der Waals surface area contributed by atoms with Crippen LogP contribution in [0.1, 0.15) is 27.2 Å². The van der Waals surface area contributed by atoms with Gasteiger partial charge in [-0.05, 0) is 24.8 Å². The van der Waals surface area contributed by atoms with E-state index in [1.165, 1.54) is 17.6 Å². The summed E-state index contributed by atoms with van der Waals surface area (Å²) in [6, 6.07) is 0. The summed E-state index contributed by atoms with van der Waals surface area (Å²) in [6.07, 6.45) is 3.28. The fourth-order valence-electron chi connectivity index (χ4n) is 1.90. The van der Waals surface area contributed by atoms with E-state index in [4.69, 9.17) is 4.74 Å². The SMILES string of the molecule is CNc1sc2c(c1C(=O)OC)CCC2. The number of rotatable bonds is 2. The molecule has 1 aromatic rings.